The summed E-state index contributed by atoms with van der Waals surface area (Å²) in [6.45, 7) is 2.92. The Morgan fingerprint density at radius 2 is 2.12 bits per heavy atom. The third kappa shape index (κ3) is 2.65. The van der Waals surface area contributed by atoms with Crippen LogP contribution in [0.5, 0.6) is 0 Å². The topological polar surface area (TPSA) is 45.1 Å². The molecule has 0 fully saturated rings. The maximum absolute atomic E-state index is 6.01. The van der Waals surface area contributed by atoms with Crippen molar-refractivity contribution in [1.29, 1.82) is 0 Å². The van der Waals surface area contributed by atoms with Gasteiger partial charge in [0.05, 0.1) is 0 Å². The summed E-state index contributed by atoms with van der Waals surface area (Å²) in [7, 11) is 0. The third-order valence-corrected chi connectivity index (χ3v) is 4.97. The van der Waals surface area contributed by atoms with Crippen LogP contribution in [0.4, 0.5) is 0 Å². The van der Waals surface area contributed by atoms with Crippen molar-refractivity contribution in [3.8, 4) is 0 Å². The lowest BCUT2D eigenvalue weighted by molar-refractivity contribution is 0.294. The van der Waals surface area contributed by atoms with Gasteiger partial charge in [-0.3, -0.25) is 4.90 Å². The van der Waals surface area contributed by atoms with Gasteiger partial charge in [-0.25, -0.2) is 4.98 Å². The SMILES string of the molecule is C1=C(c2cc3ccccc3o2)CCN(Cc2c[nH]c3ncccc23)C1. The van der Waals surface area contributed by atoms with E-state index in [9.17, 15) is 0 Å². The van der Waals surface area contributed by atoms with Gasteiger partial charge in [0, 0.05) is 42.8 Å². The predicted molar refractivity (Wildman–Crippen MR) is 100 cm³/mol. The van der Waals surface area contributed by atoms with Gasteiger partial charge in [-0.1, -0.05) is 24.3 Å². The minimum atomic E-state index is 0.940. The number of benzene rings is 1. The van der Waals surface area contributed by atoms with Crippen LogP contribution in [-0.2, 0) is 6.54 Å². The van der Waals surface area contributed by atoms with Crippen LogP contribution in [0.1, 0.15) is 17.7 Å². The first kappa shape index (κ1) is 14.5. The Morgan fingerprint density at radius 3 is 3.00 bits per heavy atom. The maximum Gasteiger partial charge on any atom is 0.137 e. The number of para-hydroxylation sites is 1. The van der Waals surface area contributed by atoms with E-state index in [-0.39, 0.29) is 0 Å². The molecule has 3 aromatic heterocycles. The molecule has 4 heteroatoms. The van der Waals surface area contributed by atoms with Crippen LogP contribution >= 0.6 is 0 Å². The summed E-state index contributed by atoms with van der Waals surface area (Å²) in [6.07, 6.45) is 7.22. The number of hydrogen-bond acceptors (Lipinski definition) is 3. The zero-order chi connectivity index (χ0) is 16.6. The van der Waals surface area contributed by atoms with Crippen LogP contribution in [0.25, 0.3) is 27.6 Å². The molecule has 4 nitrogen and oxygen atoms in total. The van der Waals surface area contributed by atoms with E-state index in [1.165, 1.54) is 21.9 Å². The van der Waals surface area contributed by atoms with Crippen LogP contribution in [0.2, 0.25) is 0 Å². The van der Waals surface area contributed by atoms with Gasteiger partial charge >= 0.3 is 0 Å². The van der Waals surface area contributed by atoms with Crippen LogP contribution in [0.15, 0.2) is 65.4 Å². The number of fused-ring (bicyclic) bond motifs is 2. The summed E-state index contributed by atoms with van der Waals surface area (Å²) in [4.78, 5) is 10.1. The number of furan rings is 1. The highest BCUT2D eigenvalue weighted by atomic mass is 16.3. The zero-order valence-corrected chi connectivity index (χ0v) is 13.9. The molecule has 0 bridgehead atoms. The summed E-state index contributed by atoms with van der Waals surface area (Å²) in [5.74, 6) is 1.01. The molecule has 0 aliphatic carbocycles. The minimum Gasteiger partial charge on any atom is -0.456 e. The van der Waals surface area contributed by atoms with Gasteiger partial charge in [-0.05, 0) is 41.8 Å². The molecular weight excluding hydrogens is 310 g/mol. The molecule has 124 valence electrons. The number of nitrogens with zero attached hydrogens (tertiary/aromatic N) is 2. The van der Waals surface area contributed by atoms with E-state index in [4.69, 9.17) is 4.42 Å². The van der Waals surface area contributed by atoms with E-state index in [0.29, 0.717) is 0 Å². The Balaban J connectivity index is 1.34. The molecule has 5 rings (SSSR count). The molecule has 0 radical (unpaired) electrons. The highest BCUT2D eigenvalue weighted by Crippen LogP contribution is 2.29. The molecule has 0 atom stereocenters. The van der Waals surface area contributed by atoms with E-state index >= 15 is 0 Å². The number of aromatic amines is 1. The molecule has 1 aliphatic heterocycles. The average molecular weight is 329 g/mol. The fraction of sp³-hybridized carbons (Fsp3) is 0.190. The molecule has 1 aliphatic rings. The summed E-state index contributed by atoms with van der Waals surface area (Å²) in [5, 5.41) is 2.39. The second-order valence-electron chi connectivity index (χ2n) is 6.58. The number of H-pyrrole nitrogens is 1. The van der Waals surface area contributed by atoms with Crippen LogP contribution in [0.3, 0.4) is 0 Å². The fourth-order valence-electron chi connectivity index (χ4n) is 3.60. The van der Waals surface area contributed by atoms with Crippen molar-refractivity contribution in [2.24, 2.45) is 0 Å². The summed E-state index contributed by atoms with van der Waals surface area (Å²) >= 11 is 0. The third-order valence-electron chi connectivity index (χ3n) is 4.97. The molecular formula is C21H19N3O. The number of nitrogens with one attached hydrogen (secondary N) is 1. The maximum atomic E-state index is 6.01. The van der Waals surface area contributed by atoms with Gasteiger partial charge < -0.3 is 9.40 Å². The molecule has 0 spiro atoms. The van der Waals surface area contributed by atoms with Crippen molar-refractivity contribution < 1.29 is 4.42 Å². The Labute approximate surface area is 145 Å². The lowest BCUT2D eigenvalue weighted by Crippen LogP contribution is -2.27. The van der Waals surface area contributed by atoms with Crippen molar-refractivity contribution >= 4 is 27.6 Å². The lowest BCUT2D eigenvalue weighted by Gasteiger charge is -2.25. The number of rotatable bonds is 3. The van der Waals surface area contributed by atoms with E-state index in [1.54, 1.807) is 0 Å². The van der Waals surface area contributed by atoms with E-state index in [1.807, 2.05) is 24.4 Å². The van der Waals surface area contributed by atoms with Crippen LogP contribution < -0.4 is 0 Å². The highest BCUT2D eigenvalue weighted by molar-refractivity contribution is 5.82. The molecule has 4 aromatic rings. The summed E-state index contributed by atoms with van der Waals surface area (Å²) in [5.41, 5.74) is 4.55. The molecule has 0 amide bonds. The molecule has 4 heterocycles. The van der Waals surface area contributed by atoms with Gasteiger partial charge in [0.25, 0.3) is 0 Å². The fourth-order valence-corrected chi connectivity index (χ4v) is 3.60. The minimum absolute atomic E-state index is 0.940. The average Bonchev–Trinajstić information content (AvgIpc) is 3.27. The smallest absolute Gasteiger partial charge is 0.137 e. The first-order valence-corrected chi connectivity index (χ1v) is 8.68. The highest BCUT2D eigenvalue weighted by Gasteiger charge is 2.17. The Bertz CT molecular complexity index is 1040. The van der Waals surface area contributed by atoms with Crippen molar-refractivity contribution in [3.63, 3.8) is 0 Å². The Kier molecular flexibility index (Phi) is 3.42. The summed E-state index contributed by atoms with van der Waals surface area (Å²) < 4.78 is 6.01. The van der Waals surface area contributed by atoms with Gasteiger partial charge in [-0.15, -0.1) is 0 Å². The van der Waals surface area contributed by atoms with Crippen molar-refractivity contribution in [2.75, 3.05) is 13.1 Å². The number of aromatic nitrogens is 2. The van der Waals surface area contributed by atoms with Crippen LogP contribution in [0, 0.1) is 0 Å². The number of pyridine rings is 1. The van der Waals surface area contributed by atoms with E-state index in [2.05, 4.69) is 51.4 Å². The van der Waals surface area contributed by atoms with Crippen molar-refractivity contribution in [2.45, 2.75) is 13.0 Å². The normalized spacial score (nSPS) is 15.8. The number of hydrogen-bond donors (Lipinski definition) is 1. The standard InChI is InChI=1S/C21H19N3O/c1-2-6-19-16(4-1)12-20(25-19)15-7-10-24(11-8-15)14-17-13-23-21-18(17)5-3-9-22-21/h1-7,9,12-13H,8,10-11,14H2,(H,22,23). The largest absolute Gasteiger partial charge is 0.456 e. The quantitative estimate of drug-likeness (QED) is 0.597. The Morgan fingerprint density at radius 1 is 1.16 bits per heavy atom. The predicted octanol–water partition coefficient (Wildman–Crippen LogP) is 4.60. The molecule has 0 saturated carbocycles. The first-order chi connectivity index (χ1) is 12.4. The Hall–Kier alpha value is -2.85. The van der Waals surface area contributed by atoms with Gasteiger partial charge in [-0.2, -0.15) is 0 Å². The van der Waals surface area contributed by atoms with E-state index < -0.39 is 0 Å². The second-order valence-corrected chi connectivity index (χ2v) is 6.58. The van der Waals surface area contributed by atoms with Gasteiger partial charge in [0.15, 0.2) is 0 Å². The molecule has 25 heavy (non-hydrogen) atoms. The van der Waals surface area contributed by atoms with Crippen molar-refractivity contribution in [1.82, 2.24) is 14.9 Å². The van der Waals surface area contributed by atoms with Crippen LogP contribution in [-0.4, -0.2) is 28.0 Å². The van der Waals surface area contributed by atoms with Gasteiger partial charge in [0.2, 0.25) is 0 Å². The zero-order valence-electron chi connectivity index (χ0n) is 13.9. The summed E-state index contributed by atoms with van der Waals surface area (Å²) in [6, 6.07) is 14.5. The lowest BCUT2D eigenvalue weighted by atomic mass is 10.0. The van der Waals surface area contributed by atoms with Crippen molar-refractivity contribution in [3.05, 3.63) is 72.3 Å². The monoisotopic (exact) mass is 329 g/mol. The molecule has 1 aromatic carbocycles. The first-order valence-electron chi connectivity index (χ1n) is 8.68. The van der Waals surface area contributed by atoms with E-state index in [0.717, 1.165) is 43.0 Å². The molecule has 0 saturated heterocycles. The molecule has 0 unspecified atom stereocenters. The second kappa shape index (κ2) is 5.90. The molecule has 1 N–H and O–H groups in total. The van der Waals surface area contributed by atoms with Gasteiger partial charge in [0.1, 0.15) is 17.0 Å².